The number of rotatable bonds is 6. The topological polar surface area (TPSA) is 29.1 Å². The largest absolute Gasteiger partial charge is 0.349 e. The summed E-state index contributed by atoms with van der Waals surface area (Å²) in [6.45, 7) is 8.19. The van der Waals surface area contributed by atoms with Crippen molar-refractivity contribution in [2.24, 2.45) is 0 Å². The highest BCUT2D eigenvalue weighted by Gasteiger charge is 2.14. The van der Waals surface area contributed by atoms with Crippen molar-refractivity contribution in [3.8, 4) is 0 Å². The minimum absolute atomic E-state index is 0.0653. The van der Waals surface area contributed by atoms with Gasteiger partial charge in [0.1, 0.15) is 5.82 Å². The summed E-state index contributed by atoms with van der Waals surface area (Å²) >= 11 is 7.35. The molecule has 1 atom stereocenters. The Bertz CT molecular complexity index is 758. The molecule has 2 aromatic carbocycles. The highest BCUT2D eigenvalue weighted by molar-refractivity contribution is 7.99. The molecule has 25 heavy (non-hydrogen) atoms. The van der Waals surface area contributed by atoms with E-state index in [1.54, 1.807) is 12.1 Å². The number of aryl methyl sites for hydroxylation is 3. The van der Waals surface area contributed by atoms with E-state index in [0.717, 1.165) is 5.56 Å². The molecule has 2 aromatic rings. The zero-order valence-electron chi connectivity index (χ0n) is 15.0. The van der Waals surface area contributed by atoms with Crippen molar-refractivity contribution in [3.05, 3.63) is 69.0 Å². The first-order valence-corrected chi connectivity index (χ1v) is 9.70. The predicted octanol–water partition coefficient (Wildman–Crippen LogP) is 5.51. The Balaban J connectivity index is 1.91. The fourth-order valence-corrected chi connectivity index (χ4v) is 3.90. The third-order valence-corrected chi connectivity index (χ3v) is 5.58. The summed E-state index contributed by atoms with van der Waals surface area (Å²) in [6.07, 6.45) is 0. The third kappa shape index (κ3) is 5.23. The molecule has 2 nitrogen and oxygen atoms in total. The molecule has 0 saturated heterocycles. The maximum Gasteiger partial charge on any atom is 0.230 e. The van der Waals surface area contributed by atoms with Crippen LogP contribution in [-0.4, -0.2) is 11.7 Å². The van der Waals surface area contributed by atoms with E-state index in [2.05, 4.69) is 38.2 Å². The van der Waals surface area contributed by atoms with Gasteiger partial charge < -0.3 is 5.32 Å². The lowest BCUT2D eigenvalue weighted by molar-refractivity contribution is -0.119. The smallest absolute Gasteiger partial charge is 0.230 e. The summed E-state index contributed by atoms with van der Waals surface area (Å²) in [5, 5.41) is 3.41. The van der Waals surface area contributed by atoms with Gasteiger partial charge in [-0.05, 0) is 62.1 Å². The van der Waals surface area contributed by atoms with Gasteiger partial charge in [0.2, 0.25) is 5.91 Å². The molecule has 134 valence electrons. The molecule has 2 rings (SSSR count). The Morgan fingerprint density at radius 3 is 2.56 bits per heavy atom. The Morgan fingerprint density at radius 1 is 1.20 bits per heavy atom. The molecule has 0 fully saturated rings. The van der Waals surface area contributed by atoms with Crippen molar-refractivity contribution in [1.29, 1.82) is 0 Å². The zero-order valence-corrected chi connectivity index (χ0v) is 16.5. The van der Waals surface area contributed by atoms with Crippen LogP contribution in [0.25, 0.3) is 0 Å². The zero-order chi connectivity index (χ0) is 18.6. The Morgan fingerprint density at radius 2 is 1.88 bits per heavy atom. The van der Waals surface area contributed by atoms with Crippen LogP contribution in [0.15, 0.2) is 30.3 Å². The highest BCUT2D eigenvalue weighted by Crippen LogP contribution is 2.24. The number of carbonyl (C=O) groups is 1. The van der Waals surface area contributed by atoms with Crippen LogP contribution in [0.2, 0.25) is 5.02 Å². The summed E-state index contributed by atoms with van der Waals surface area (Å²) in [5.74, 6) is 0.233. The van der Waals surface area contributed by atoms with Gasteiger partial charge >= 0.3 is 0 Å². The first-order chi connectivity index (χ1) is 11.8. The van der Waals surface area contributed by atoms with E-state index in [1.807, 2.05) is 6.92 Å². The first kappa shape index (κ1) is 19.8. The van der Waals surface area contributed by atoms with Gasteiger partial charge in [0, 0.05) is 16.3 Å². The van der Waals surface area contributed by atoms with Crippen LogP contribution in [0.5, 0.6) is 0 Å². The molecule has 1 amide bonds. The second-order valence-electron chi connectivity index (χ2n) is 6.28. The minimum atomic E-state index is -0.334. The van der Waals surface area contributed by atoms with Crippen LogP contribution < -0.4 is 5.32 Å². The van der Waals surface area contributed by atoms with Gasteiger partial charge in [-0.2, -0.15) is 0 Å². The summed E-state index contributed by atoms with van der Waals surface area (Å²) in [6, 6.07) is 8.82. The minimum Gasteiger partial charge on any atom is -0.349 e. The van der Waals surface area contributed by atoms with Crippen LogP contribution in [0.3, 0.4) is 0 Å². The second-order valence-corrected chi connectivity index (χ2v) is 7.67. The average Bonchev–Trinajstić information content (AvgIpc) is 2.53. The molecule has 0 saturated carbocycles. The van der Waals surface area contributed by atoms with Gasteiger partial charge in [0.05, 0.1) is 11.8 Å². The Kier molecular flexibility index (Phi) is 6.91. The third-order valence-electron chi connectivity index (χ3n) is 4.27. The molecule has 0 bridgehead atoms. The predicted molar refractivity (Wildman–Crippen MR) is 105 cm³/mol. The van der Waals surface area contributed by atoms with Gasteiger partial charge in [0.15, 0.2) is 0 Å². The maximum atomic E-state index is 13.7. The van der Waals surface area contributed by atoms with Gasteiger partial charge in [-0.1, -0.05) is 29.8 Å². The van der Waals surface area contributed by atoms with E-state index >= 15 is 0 Å². The van der Waals surface area contributed by atoms with Crippen molar-refractivity contribution in [2.45, 2.75) is 39.5 Å². The van der Waals surface area contributed by atoms with Crippen LogP contribution in [0.4, 0.5) is 4.39 Å². The number of benzene rings is 2. The van der Waals surface area contributed by atoms with Gasteiger partial charge in [-0.3, -0.25) is 4.79 Å². The van der Waals surface area contributed by atoms with Crippen molar-refractivity contribution in [1.82, 2.24) is 5.32 Å². The number of halogens is 2. The van der Waals surface area contributed by atoms with Crippen LogP contribution in [-0.2, 0) is 10.5 Å². The summed E-state index contributed by atoms with van der Waals surface area (Å²) in [7, 11) is 0. The standard InChI is InChI=1S/C20H23ClFNOS/c1-12-8-14(3)16(9-13(12)2)15(4)23-20(24)11-25-10-17-18(21)6-5-7-19(17)22/h5-9,15H,10-11H2,1-4H3,(H,23,24)/t15-/m1/s1. The first-order valence-electron chi connectivity index (χ1n) is 8.17. The van der Waals surface area contributed by atoms with Gasteiger partial charge in [0.25, 0.3) is 0 Å². The molecular weight excluding hydrogens is 357 g/mol. The van der Waals surface area contributed by atoms with Crippen LogP contribution >= 0.6 is 23.4 Å². The molecular formula is C20H23ClFNOS. The molecule has 0 heterocycles. The highest BCUT2D eigenvalue weighted by atomic mass is 35.5. The van der Waals surface area contributed by atoms with Gasteiger partial charge in [-0.25, -0.2) is 4.39 Å². The number of thioether (sulfide) groups is 1. The van der Waals surface area contributed by atoms with Crippen LogP contribution in [0.1, 0.15) is 40.8 Å². The normalized spacial score (nSPS) is 12.1. The van der Waals surface area contributed by atoms with Gasteiger partial charge in [-0.15, -0.1) is 11.8 Å². The van der Waals surface area contributed by atoms with Crippen molar-refractivity contribution in [3.63, 3.8) is 0 Å². The average molecular weight is 380 g/mol. The molecule has 5 heteroatoms. The lowest BCUT2D eigenvalue weighted by atomic mass is 9.96. The molecule has 0 spiro atoms. The van der Waals surface area contributed by atoms with Crippen molar-refractivity contribution in [2.75, 3.05) is 5.75 Å². The summed E-state index contributed by atoms with van der Waals surface area (Å²) in [5.41, 5.74) is 5.20. The fraction of sp³-hybridized carbons (Fsp3) is 0.350. The van der Waals surface area contributed by atoms with E-state index in [4.69, 9.17) is 11.6 Å². The number of carbonyl (C=O) groups excluding carboxylic acids is 1. The molecule has 0 aliphatic carbocycles. The molecule has 0 aliphatic heterocycles. The Hall–Kier alpha value is -1.52. The summed E-state index contributed by atoms with van der Waals surface area (Å²) < 4.78 is 13.7. The van der Waals surface area contributed by atoms with Crippen molar-refractivity contribution < 1.29 is 9.18 Å². The summed E-state index contributed by atoms with van der Waals surface area (Å²) in [4.78, 5) is 12.2. The van der Waals surface area contributed by atoms with E-state index < -0.39 is 0 Å². The Labute approximate surface area is 158 Å². The molecule has 0 aliphatic rings. The lowest BCUT2D eigenvalue weighted by Crippen LogP contribution is -2.28. The maximum absolute atomic E-state index is 13.7. The quantitative estimate of drug-likeness (QED) is 0.716. The van der Waals surface area contributed by atoms with E-state index in [9.17, 15) is 9.18 Å². The molecule has 0 radical (unpaired) electrons. The monoisotopic (exact) mass is 379 g/mol. The fourth-order valence-electron chi connectivity index (χ4n) is 2.73. The molecule has 0 aromatic heterocycles. The van der Waals surface area contributed by atoms with Crippen molar-refractivity contribution >= 4 is 29.3 Å². The van der Waals surface area contributed by atoms with E-state index in [0.29, 0.717) is 16.3 Å². The SMILES string of the molecule is Cc1cc(C)c([C@@H](C)NC(=O)CSCc2c(F)cccc2Cl)cc1C. The second kappa shape index (κ2) is 8.72. The number of amides is 1. The van der Waals surface area contributed by atoms with Crippen LogP contribution in [0, 0.1) is 26.6 Å². The van der Waals surface area contributed by atoms with E-state index in [-0.39, 0.29) is 23.5 Å². The lowest BCUT2D eigenvalue weighted by Gasteiger charge is -2.18. The van der Waals surface area contributed by atoms with E-state index in [1.165, 1.54) is 34.5 Å². The number of hydrogen-bond donors (Lipinski definition) is 1. The molecule has 1 N–H and O–H groups in total. The number of nitrogens with one attached hydrogen (secondary N) is 1. The molecule has 0 unspecified atom stereocenters. The number of hydrogen-bond acceptors (Lipinski definition) is 2.